The molecule has 3 nitrogen and oxygen atoms in total. The van der Waals surface area contributed by atoms with Crippen molar-refractivity contribution in [2.75, 3.05) is 20.1 Å². The van der Waals surface area contributed by atoms with Gasteiger partial charge in [0.15, 0.2) is 0 Å². The first-order valence-corrected chi connectivity index (χ1v) is 7.41. The summed E-state index contributed by atoms with van der Waals surface area (Å²) in [4.78, 5) is 15.1. The van der Waals surface area contributed by atoms with Gasteiger partial charge in [-0.2, -0.15) is 0 Å². The lowest BCUT2D eigenvalue weighted by Gasteiger charge is -2.15. The van der Waals surface area contributed by atoms with Crippen molar-refractivity contribution in [2.45, 2.75) is 12.5 Å². The Kier molecular flexibility index (Phi) is 2.90. The zero-order chi connectivity index (χ0) is 11.8. The van der Waals surface area contributed by atoms with Crippen molar-refractivity contribution in [3.05, 3.63) is 22.4 Å². The van der Waals surface area contributed by atoms with Gasteiger partial charge in [0.1, 0.15) is 0 Å². The molecule has 1 N–H and O–H groups in total. The monoisotopic (exact) mass is 266 g/mol. The van der Waals surface area contributed by atoms with Crippen LogP contribution in [0.3, 0.4) is 0 Å². The molecule has 5 heteroatoms. The van der Waals surface area contributed by atoms with Crippen molar-refractivity contribution in [1.29, 1.82) is 0 Å². The lowest BCUT2D eigenvalue weighted by molar-refractivity contribution is 0.0794. The molecule has 0 saturated carbocycles. The highest BCUT2D eigenvalue weighted by Crippen LogP contribution is 2.31. The molecule has 1 aliphatic heterocycles. The summed E-state index contributed by atoms with van der Waals surface area (Å²) in [5.41, 5.74) is 0. The number of carbonyl (C=O) groups excluding carboxylic acids is 1. The van der Waals surface area contributed by atoms with E-state index in [-0.39, 0.29) is 5.91 Å². The Bertz CT molecular complexity index is 517. The number of amides is 1. The van der Waals surface area contributed by atoms with Gasteiger partial charge in [-0.25, -0.2) is 0 Å². The summed E-state index contributed by atoms with van der Waals surface area (Å²) in [5, 5.41) is 5.31. The molecule has 0 radical (unpaired) electrons. The average Bonchev–Trinajstić information content (AvgIpc) is 3.02. The fraction of sp³-hybridized carbons (Fsp3) is 0.417. The maximum atomic E-state index is 12.3. The second-order valence-corrected chi connectivity index (χ2v) is 6.32. The molecule has 0 bridgehead atoms. The molecule has 0 aromatic carbocycles. The Morgan fingerprint density at radius 3 is 3.12 bits per heavy atom. The predicted octanol–water partition coefficient (Wildman–Crippen LogP) is 2.40. The molecule has 0 spiro atoms. The maximum absolute atomic E-state index is 12.3. The van der Waals surface area contributed by atoms with E-state index >= 15 is 0 Å². The molecule has 1 atom stereocenters. The summed E-state index contributed by atoms with van der Waals surface area (Å²) >= 11 is 3.31. The summed E-state index contributed by atoms with van der Waals surface area (Å²) in [6.07, 6.45) is 1.06. The second-order valence-electron chi connectivity index (χ2n) is 4.29. The number of likely N-dealkylation sites (N-methyl/N-ethyl adjacent to an activating group) is 1. The van der Waals surface area contributed by atoms with Gasteiger partial charge < -0.3 is 10.2 Å². The third-order valence-corrected chi connectivity index (χ3v) is 5.32. The second kappa shape index (κ2) is 4.40. The van der Waals surface area contributed by atoms with Gasteiger partial charge >= 0.3 is 0 Å². The van der Waals surface area contributed by atoms with Gasteiger partial charge in [-0.15, -0.1) is 22.7 Å². The Balaban J connectivity index is 1.80. The van der Waals surface area contributed by atoms with Gasteiger partial charge in [-0.3, -0.25) is 4.79 Å². The number of hydrogen-bond donors (Lipinski definition) is 1. The highest BCUT2D eigenvalue weighted by atomic mass is 32.1. The predicted molar refractivity (Wildman–Crippen MR) is 73.1 cm³/mol. The van der Waals surface area contributed by atoms with E-state index < -0.39 is 0 Å². The zero-order valence-electron chi connectivity index (χ0n) is 9.60. The van der Waals surface area contributed by atoms with E-state index in [0.29, 0.717) is 6.04 Å². The Morgan fingerprint density at radius 1 is 1.53 bits per heavy atom. The van der Waals surface area contributed by atoms with Crippen molar-refractivity contribution in [3.63, 3.8) is 0 Å². The van der Waals surface area contributed by atoms with Gasteiger partial charge in [-0.1, -0.05) is 0 Å². The standard InChI is InChI=1S/C12H14N2OS2/c1-13-8-2-4-14(7-8)12(15)11-6-10-9(17-11)3-5-16-10/h3,5-6,8,13H,2,4,7H2,1H3. The molecule has 3 rings (SSSR count). The smallest absolute Gasteiger partial charge is 0.264 e. The van der Waals surface area contributed by atoms with Crippen molar-refractivity contribution < 1.29 is 4.79 Å². The first kappa shape index (κ1) is 11.2. The van der Waals surface area contributed by atoms with E-state index in [9.17, 15) is 4.79 Å². The molecule has 0 aliphatic carbocycles. The van der Waals surface area contributed by atoms with Crippen LogP contribution in [0.1, 0.15) is 16.1 Å². The molecule has 1 saturated heterocycles. The molecule has 17 heavy (non-hydrogen) atoms. The molecule has 3 heterocycles. The van der Waals surface area contributed by atoms with Crippen molar-refractivity contribution in [2.24, 2.45) is 0 Å². The van der Waals surface area contributed by atoms with Crippen LogP contribution < -0.4 is 5.32 Å². The van der Waals surface area contributed by atoms with E-state index in [1.54, 1.807) is 22.7 Å². The number of hydrogen-bond acceptors (Lipinski definition) is 4. The van der Waals surface area contributed by atoms with Crippen molar-refractivity contribution >= 4 is 38.0 Å². The molecule has 2 aromatic heterocycles. The summed E-state index contributed by atoms with van der Waals surface area (Å²) in [7, 11) is 1.96. The third kappa shape index (κ3) is 1.99. The number of thiophene rings is 2. The summed E-state index contributed by atoms with van der Waals surface area (Å²) < 4.78 is 2.45. The topological polar surface area (TPSA) is 32.3 Å². The van der Waals surface area contributed by atoms with Crippen LogP contribution in [-0.2, 0) is 0 Å². The van der Waals surface area contributed by atoms with Gasteiger partial charge in [-0.05, 0) is 31.0 Å². The molecular weight excluding hydrogens is 252 g/mol. The number of fused-ring (bicyclic) bond motifs is 1. The lowest BCUT2D eigenvalue weighted by Crippen LogP contribution is -2.33. The van der Waals surface area contributed by atoms with Crippen LogP contribution in [0.5, 0.6) is 0 Å². The van der Waals surface area contributed by atoms with Crippen LogP contribution in [0.15, 0.2) is 17.5 Å². The van der Waals surface area contributed by atoms with Gasteiger partial charge in [0.05, 0.1) is 4.88 Å². The summed E-state index contributed by atoms with van der Waals surface area (Å²) in [6, 6.07) is 4.57. The van der Waals surface area contributed by atoms with Crippen molar-refractivity contribution in [3.8, 4) is 0 Å². The number of rotatable bonds is 2. The maximum Gasteiger partial charge on any atom is 0.264 e. The molecule has 1 unspecified atom stereocenters. The quantitative estimate of drug-likeness (QED) is 0.905. The molecule has 90 valence electrons. The molecular formula is C12H14N2OS2. The highest BCUT2D eigenvalue weighted by Gasteiger charge is 2.26. The third-order valence-electron chi connectivity index (χ3n) is 3.23. The zero-order valence-corrected chi connectivity index (χ0v) is 11.2. The van der Waals surface area contributed by atoms with Crippen LogP contribution in [0.25, 0.3) is 9.40 Å². The van der Waals surface area contributed by atoms with E-state index in [2.05, 4.69) is 16.8 Å². The lowest BCUT2D eigenvalue weighted by atomic mass is 10.3. The first-order valence-electron chi connectivity index (χ1n) is 5.71. The average molecular weight is 266 g/mol. The van der Waals surface area contributed by atoms with Gasteiger partial charge in [0.25, 0.3) is 5.91 Å². The van der Waals surface area contributed by atoms with E-state index in [1.165, 1.54) is 9.40 Å². The number of likely N-dealkylation sites (tertiary alicyclic amines) is 1. The fourth-order valence-corrected chi connectivity index (χ4v) is 4.28. The number of carbonyl (C=O) groups is 1. The molecule has 1 aliphatic rings. The largest absolute Gasteiger partial charge is 0.336 e. The minimum atomic E-state index is 0.191. The minimum Gasteiger partial charge on any atom is -0.336 e. The first-order chi connectivity index (χ1) is 8.28. The molecule has 2 aromatic rings. The van der Waals surface area contributed by atoms with E-state index in [0.717, 1.165) is 24.4 Å². The van der Waals surface area contributed by atoms with Crippen LogP contribution in [0, 0.1) is 0 Å². The van der Waals surface area contributed by atoms with Gasteiger partial charge in [0, 0.05) is 28.5 Å². The Morgan fingerprint density at radius 2 is 2.41 bits per heavy atom. The van der Waals surface area contributed by atoms with E-state index in [1.807, 2.05) is 18.0 Å². The Labute approximate surface area is 108 Å². The number of nitrogens with zero attached hydrogens (tertiary/aromatic N) is 1. The number of nitrogens with one attached hydrogen (secondary N) is 1. The van der Waals surface area contributed by atoms with Gasteiger partial charge in [0.2, 0.25) is 0 Å². The highest BCUT2D eigenvalue weighted by molar-refractivity contribution is 7.27. The van der Waals surface area contributed by atoms with Crippen molar-refractivity contribution in [1.82, 2.24) is 10.2 Å². The van der Waals surface area contributed by atoms with E-state index in [4.69, 9.17) is 0 Å². The fourth-order valence-electron chi connectivity index (χ4n) is 2.21. The Hall–Kier alpha value is -0.910. The van der Waals surface area contributed by atoms with Crippen LogP contribution in [0.2, 0.25) is 0 Å². The summed E-state index contributed by atoms with van der Waals surface area (Å²) in [5.74, 6) is 0.191. The summed E-state index contributed by atoms with van der Waals surface area (Å²) in [6.45, 7) is 1.71. The minimum absolute atomic E-state index is 0.191. The SMILES string of the molecule is CNC1CCN(C(=O)c2cc3sccc3s2)C1. The van der Waals surface area contributed by atoms with Crippen LogP contribution >= 0.6 is 22.7 Å². The van der Waals surface area contributed by atoms with Crippen LogP contribution in [0.4, 0.5) is 0 Å². The van der Waals surface area contributed by atoms with Crippen LogP contribution in [-0.4, -0.2) is 37.0 Å². The molecule has 1 amide bonds. The normalized spacial score (nSPS) is 20.3. The molecule has 1 fully saturated rings.